The maximum atomic E-state index is 9.48. The number of nitrogens with zero attached hydrogens (tertiary/aromatic N) is 2. The molecule has 1 atom stereocenters. The molecular weight excluding hydrogens is 236 g/mol. The SMILES string of the molecule is C[C@@H](O)c1ccc(N(C)CCc2ccccn2)cc1. The predicted molar refractivity (Wildman–Crippen MR) is 78.3 cm³/mol. The molecule has 1 heterocycles. The van der Waals surface area contributed by atoms with Crippen molar-refractivity contribution >= 4 is 5.69 Å². The first-order chi connectivity index (χ1) is 9.16. The number of aliphatic hydroxyl groups excluding tert-OH is 1. The highest BCUT2D eigenvalue weighted by Crippen LogP contribution is 2.18. The van der Waals surface area contributed by atoms with Gasteiger partial charge in [-0.15, -0.1) is 0 Å². The minimum absolute atomic E-state index is 0.409. The molecule has 0 fully saturated rings. The van der Waals surface area contributed by atoms with E-state index in [9.17, 15) is 5.11 Å². The summed E-state index contributed by atoms with van der Waals surface area (Å²) in [7, 11) is 2.07. The summed E-state index contributed by atoms with van der Waals surface area (Å²) in [5, 5.41) is 9.48. The number of aliphatic hydroxyl groups is 1. The third-order valence-electron chi connectivity index (χ3n) is 3.25. The number of benzene rings is 1. The Morgan fingerprint density at radius 1 is 1.16 bits per heavy atom. The van der Waals surface area contributed by atoms with Gasteiger partial charge in [-0.3, -0.25) is 4.98 Å². The average Bonchev–Trinajstić information content (AvgIpc) is 2.46. The lowest BCUT2D eigenvalue weighted by molar-refractivity contribution is 0.199. The molecule has 0 aliphatic heterocycles. The first-order valence-electron chi connectivity index (χ1n) is 6.56. The molecule has 0 saturated heterocycles. The van der Waals surface area contributed by atoms with Crippen molar-refractivity contribution in [3.05, 3.63) is 59.9 Å². The second-order valence-electron chi connectivity index (χ2n) is 4.76. The van der Waals surface area contributed by atoms with Crippen molar-refractivity contribution in [3.63, 3.8) is 0 Å². The van der Waals surface area contributed by atoms with Crippen LogP contribution in [0.4, 0.5) is 5.69 Å². The lowest BCUT2D eigenvalue weighted by atomic mass is 10.1. The summed E-state index contributed by atoms with van der Waals surface area (Å²) in [6.45, 7) is 2.70. The van der Waals surface area contributed by atoms with E-state index >= 15 is 0 Å². The minimum Gasteiger partial charge on any atom is -0.389 e. The van der Waals surface area contributed by atoms with Crippen molar-refractivity contribution < 1.29 is 5.11 Å². The van der Waals surface area contributed by atoms with Gasteiger partial charge in [0.2, 0.25) is 0 Å². The molecule has 3 heteroatoms. The van der Waals surface area contributed by atoms with Gasteiger partial charge in [0, 0.05) is 37.6 Å². The number of hydrogen-bond donors (Lipinski definition) is 1. The number of likely N-dealkylation sites (N-methyl/N-ethyl adjacent to an activating group) is 1. The van der Waals surface area contributed by atoms with Crippen LogP contribution in [0.3, 0.4) is 0 Å². The summed E-state index contributed by atoms with van der Waals surface area (Å²) >= 11 is 0. The molecule has 0 aliphatic carbocycles. The fraction of sp³-hybridized carbons (Fsp3) is 0.312. The van der Waals surface area contributed by atoms with Crippen molar-refractivity contribution in [2.45, 2.75) is 19.4 Å². The molecule has 0 unspecified atom stereocenters. The minimum atomic E-state index is -0.409. The van der Waals surface area contributed by atoms with E-state index in [4.69, 9.17) is 0 Å². The Hall–Kier alpha value is -1.87. The fourth-order valence-electron chi connectivity index (χ4n) is 1.96. The number of aromatic nitrogens is 1. The van der Waals surface area contributed by atoms with E-state index in [1.54, 1.807) is 6.92 Å². The Bertz CT molecular complexity index is 494. The summed E-state index contributed by atoms with van der Waals surface area (Å²) in [4.78, 5) is 6.52. The summed E-state index contributed by atoms with van der Waals surface area (Å²) < 4.78 is 0. The van der Waals surface area contributed by atoms with Gasteiger partial charge < -0.3 is 10.0 Å². The van der Waals surface area contributed by atoms with Crippen LogP contribution in [0.15, 0.2) is 48.7 Å². The monoisotopic (exact) mass is 256 g/mol. The van der Waals surface area contributed by atoms with Gasteiger partial charge in [0.1, 0.15) is 0 Å². The van der Waals surface area contributed by atoms with Crippen LogP contribution >= 0.6 is 0 Å². The Morgan fingerprint density at radius 3 is 2.47 bits per heavy atom. The van der Waals surface area contributed by atoms with Crippen LogP contribution < -0.4 is 4.90 Å². The second-order valence-corrected chi connectivity index (χ2v) is 4.76. The standard InChI is InChI=1S/C16H20N2O/c1-13(19)14-6-8-16(9-7-14)18(2)12-10-15-5-3-4-11-17-15/h3-9,11,13,19H,10,12H2,1-2H3/t13-/m1/s1. The van der Waals surface area contributed by atoms with Gasteiger partial charge in [0.05, 0.1) is 6.10 Å². The molecule has 0 bridgehead atoms. The van der Waals surface area contributed by atoms with Crippen LogP contribution in [-0.4, -0.2) is 23.7 Å². The topological polar surface area (TPSA) is 36.4 Å². The van der Waals surface area contributed by atoms with Crippen LogP contribution in [0.5, 0.6) is 0 Å². The average molecular weight is 256 g/mol. The van der Waals surface area contributed by atoms with Crippen molar-refractivity contribution in [2.75, 3.05) is 18.5 Å². The Morgan fingerprint density at radius 2 is 1.89 bits per heavy atom. The molecule has 0 saturated carbocycles. The molecule has 1 aromatic heterocycles. The van der Waals surface area contributed by atoms with Gasteiger partial charge in [0.15, 0.2) is 0 Å². The van der Waals surface area contributed by atoms with E-state index in [0.717, 1.165) is 29.9 Å². The highest BCUT2D eigenvalue weighted by atomic mass is 16.3. The summed E-state index contributed by atoms with van der Waals surface area (Å²) in [5.74, 6) is 0. The smallest absolute Gasteiger partial charge is 0.0761 e. The Kier molecular flexibility index (Phi) is 4.53. The molecule has 100 valence electrons. The van der Waals surface area contributed by atoms with Gasteiger partial charge >= 0.3 is 0 Å². The lowest BCUT2D eigenvalue weighted by Crippen LogP contribution is -2.20. The number of pyridine rings is 1. The largest absolute Gasteiger partial charge is 0.389 e. The normalized spacial score (nSPS) is 12.2. The van der Waals surface area contributed by atoms with E-state index in [0.29, 0.717) is 0 Å². The maximum Gasteiger partial charge on any atom is 0.0761 e. The highest BCUT2D eigenvalue weighted by molar-refractivity contribution is 5.47. The predicted octanol–water partition coefficient (Wildman–Crippen LogP) is 2.81. The quantitative estimate of drug-likeness (QED) is 0.893. The van der Waals surface area contributed by atoms with Gasteiger partial charge in [-0.2, -0.15) is 0 Å². The third-order valence-corrected chi connectivity index (χ3v) is 3.25. The molecular formula is C16H20N2O. The summed E-state index contributed by atoms with van der Waals surface area (Å²) in [5.41, 5.74) is 3.21. The van der Waals surface area contributed by atoms with Crippen molar-refractivity contribution in [1.82, 2.24) is 4.98 Å². The maximum absolute atomic E-state index is 9.48. The van der Waals surface area contributed by atoms with E-state index in [-0.39, 0.29) is 0 Å². The first kappa shape index (κ1) is 13.6. The van der Waals surface area contributed by atoms with Gasteiger partial charge in [-0.25, -0.2) is 0 Å². The summed E-state index contributed by atoms with van der Waals surface area (Å²) in [6.07, 6.45) is 2.34. The molecule has 1 aromatic carbocycles. The van der Waals surface area contributed by atoms with Crippen LogP contribution in [0.2, 0.25) is 0 Å². The van der Waals surface area contributed by atoms with Gasteiger partial charge in [-0.1, -0.05) is 18.2 Å². The third kappa shape index (κ3) is 3.80. The van der Waals surface area contributed by atoms with Gasteiger partial charge in [-0.05, 0) is 36.8 Å². The van der Waals surface area contributed by atoms with Crippen molar-refractivity contribution in [1.29, 1.82) is 0 Å². The number of anilines is 1. The molecule has 0 amide bonds. The lowest BCUT2D eigenvalue weighted by Gasteiger charge is -2.19. The second kappa shape index (κ2) is 6.34. The van der Waals surface area contributed by atoms with E-state index < -0.39 is 6.10 Å². The first-order valence-corrected chi connectivity index (χ1v) is 6.56. The molecule has 0 radical (unpaired) electrons. The van der Waals surface area contributed by atoms with Crippen molar-refractivity contribution in [3.8, 4) is 0 Å². The van der Waals surface area contributed by atoms with Gasteiger partial charge in [0.25, 0.3) is 0 Å². The molecule has 2 aromatic rings. The summed E-state index contributed by atoms with van der Waals surface area (Å²) in [6, 6.07) is 14.0. The van der Waals surface area contributed by atoms with E-state index in [2.05, 4.69) is 16.9 Å². The molecule has 1 N–H and O–H groups in total. The Labute approximate surface area is 114 Å². The number of rotatable bonds is 5. The molecule has 2 rings (SSSR count). The van der Waals surface area contributed by atoms with Crippen LogP contribution in [0.1, 0.15) is 24.3 Å². The zero-order chi connectivity index (χ0) is 13.7. The molecule has 0 aliphatic rings. The van der Waals surface area contributed by atoms with E-state index in [1.165, 1.54) is 0 Å². The van der Waals surface area contributed by atoms with Crippen LogP contribution in [-0.2, 0) is 6.42 Å². The van der Waals surface area contributed by atoms with Crippen molar-refractivity contribution in [2.24, 2.45) is 0 Å². The zero-order valence-electron chi connectivity index (χ0n) is 11.5. The Balaban J connectivity index is 1.94. The molecule has 19 heavy (non-hydrogen) atoms. The molecule has 0 spiro atoms. The van der Waals surface area contributed by atoms with Crippen LogP contribution in [0, 0.1) is 0 Å². The number of hydrogen-bond acceptors (Lipinski definition) is 3. The fourth-order valence-corrected chi connectivity index (χ4v) is 1.96. The highest BCUT2D eigenvalue weighted by Gasteiger charge is 2.04. The zero-order valence-corrected chi connectivity index (χ0v) is 11.5. The van der Waals surface area contributed by atoms with E-state index in [1.807, 2.05) is 48.7 Å². The molecule has 3 nitrogen and oxygen atoms in total. The van der Waals surface area contributed by atoms with Crippen LogP contribution in [0.25, 0.3) is 0 Å².